The average Bonchev–Trinajstić information content (AvgIpc) is 3.10. The van der Waals surface area contributed by atoms with Crippen molar-refractivity contribution in [1.29, 1.82) is 0 Å². The molecule has 2 heterocycles. The maximum absolute atomic E-state index is 12.8. The van der Waals surface area contributed by atoms with Crippen LogP contribution in [0.5, 0.6) is 0 Å². The number of nitrogens with zero attached hydrogens (tertiary/aromatic N) is 2. The van der Waals surface area contributed by atoms with Gasteiger partial charge < -0.3 is 10.3 Å². The summed E-state index contributed by atoms with van der Waals surface area (Å²) in [6.07, 6.45) is -3.27. The van der Waals surface area contributed by atoms with Gasteiger partial charge in [0.15, 0.2) is 0 Å². The summed E-state index contributed by atoms with van der Waals surface area (Å²) in [5, 5.41) is 3.38. The first-order valence-corrected chi connectivity index (χ1v) is 9.84. The van der Waals surface area contributed by atoms with Gasteiger partial charge in [0.25, 0.3) is 0 Å². The maximum atomic E-state index is 12.8. The Morgan fingerprint density at radius 1 is 1.07 bits per heavy atom. The molecular formula is C21H17F3N4S. The van der Waals surface area contributed by atoms with Gasteiger partial charge in [0.05, 0.1) is 16.8 Å². The molecule has 0 aliphatic carbocycles. The van der Waals surface area contributed by atoms with Crippen LogP contribution in [0, 0.1) is 6.92 Å². The van der Waals surface area contributed by atoms with Crippen LogP contribution in [-0.4, -0.2) is 15.0 Å². The van der Waals surface area contributed by atoms with Crippen LogP contribution in [-0.2, 0) is 11.9 Å². The number of hydrogen-bond donors (Lipinski definition) is 2. The molecule has 0 aliphatic rings. The van der Waals surface area contributed by atoms with Gasteiger partial charge in [0.2, 0.25) is 0 Å². The van der Waals surface area contributed by atoms with Gasteiger partial charge in [0, 0.05) is 22.5 Å². The van der Waals surface area contributed by atoms with Crippen molar-refractivity contribution in [2.75, 3.05) is 5.32 Å². The number of imidazole rings is 1. The highest BCUT2D eigenvalue weighted by Gasteiger charge is 2.32. The molecule has 4 nitrogen and oxygen atoms in total. The lowest BCUT2D eigenvalue weighted by Gasteiger charge is -2.08. The summed E-state index contributed by atoms with van der Waals surface area (Å²) in [4.78, 5) is 11.7. The topological polar surface area (TPSA) is 53.6 Å². The first kappa shape index (κ1) is 19.3. The van der Waals surface area contributed by atoms with E-state index in [1.54, 1.807) is 6.07 Å². The third-order valence-corrected chi connectivity index (χ3v) is 5.36. The minimum absolute atomic E-state index is 0.427. The van der Waals surface area contributed by atoms with Gasteiger partial charge in [-0.05, 0) is 48.9 Å². The minimum atomic E-state index is -4.45. The fourth-order valence-corrected chi connectivity index (χ4v) is 3.67. The standard InChI is InChI=1S/C21H17F3N4S/c1-13-4-2-3-5-16(13)26-14-6-7-17-18(10-14)28-20(27-17)12-29-15-8-9-25-19(11-15)21(22,23)24/h2-11,26H,12H2,1H3,(H,27,28). The number of para-hydroxylation sites is 1. The van der Waals surface area contributed by atoms with E-state index in [0.29, 0.717) is 16.5 Å². The SMILES string of the molecule is Cc1ccccc1Nc1ccc2[nH]c(CSc3ccnc(C(F)(F)F)c3)nc2c1. The smallest absolute Gasteiger partial charge is 0.355 e. The van der Waals surface area contributed by atoms with E-state index in [4.69, 9.17) is 0 Å². The molecule has 4 aromatic rings. The number of hydrogen-bond acceptors (Lipinski definition) is 4. The normalized spacial score (nSPS) is 11.7. The Hall–Kier alpha value is -3.00. The van der Waals surface area contributed by atoms with E-state index in [2.05, 4.69) is 20.3 Å². The van der Waals surface area contributed by atoms with Gasteiger partial charge in [-0.15, -0.1) is 11.8 Å². The number of aromatic amines is 1. The molecule has 0 saturated carbocycles. The van der Waals surface area contributed by atoms with Crippen molar-refractivity contribution in [3.05, 3.63) is 77.9 Å². The van der Waals surface area contributed by atoms with Gasteiger partial charge in [-0.1, -0.05) is 18.2 Å². The second-order valence-electron chi connectivity index (χ2n) is 6.52. The summed E-state index contributed by atoms with van der Waals surface area (Å²) in [6, 6.07) is 16.5. The Bertz CT molecular complexity index is 1150. The number of pyridine rings is 1. The second-order valence-corrected chi connectivity index (χ2v) is 7.57. The molecular weight excluding hydrogens is 397 g/mol. The fraction of sp³-hybridized carbons (Fsp3) is 0.143. The number of benzene rings is 2. The van der Waals surface area contributed by atoms with Crippen molar-refractivity contribution in [2.24, 2.45) is 0 Å². The molecule has 0 unspecified atom stereocenters. The van der Waals surface area contributed by atoms with E-state index < -0.39 is 11.9 Å². The van der Waals surface area contributed by atoms with Crippen LogP contribution >= 0.6 is 11.8 Å². The van der Waals surface area contributed by atoms with Crippen LogP contribution in [0.2, 0.25) is 0 Å². The molecule has 0 amide bonds. The number of anilines is 2. The highest BCUT2D eigenvalue weighted by molar-refractivity contribution is 7.98. The van der Waals surface area contributed by atoms with Gasteiger partial charge in [0.1, 0.15) is 11.5 Å². The number of fused-ring (bicyclic) bond motifs is 1. The van der Waals surface area contributed by atoms with E-state index in [9.17, 15) is 13.2 Å². The number of rotatable bonds is 5. The summed E-state index contributed by atoms with van der Waals surface area (Å²) in [5.74, 6) is 1.12. The zero-order valence-corrected chi connectivity index (χ0v) is 16.2. The fourth-order valence-electron chi connectivity index (χ4n) is 2.88. The van der Waals surface area contributed by atoms with Crippen molar-refractivity contribution in [1.82, 2.24) is 15.0 Å². The highest BCUT2D eigenvalue weighted by Crippen LogP contribution is 2.31. The quantitative estimate of drug-likeness (QED) is 0.375. The number of thioether (sulfide) groups is 1. The lowest BCUT2D eigenvalue weighted by atomic mass is 10.2. The molecule has 0 fully saturated rings. The summed E-state index contributed by atoms with van der Waals surface area (Å²) in [7, 11) is 0. The van der Waals surface area contributed by atoms with Gasteiger partial charge >= 0.3 is 6.18 Å². The molecule has 0 saturated heterocycles. The molecule has 2 aromatic carbocycles. The average molecular weight is 414 g/mol. The predicted octanol–water partition coefficient (Wildman–Crippen LogP) is 6.32. The van der Waals surface area contributed by atoms with E-state index in [1.807, 2.05) is 49.4 Å². The minimum Gasteiger partial charge on any atom is -0.355 e. The van der Waals surface area contributed by atoms with Crippen LogP contribution < -0.4 is 5.32 Å². The molecule has 0 spiro atoms. The maximum Gasteiger partial charge on any atom is 0.433 e. The Labute approximate surface area is 169 Å². The lowest BCUT2D eigenvalue weighted by Crippen LogP contribution is -2.07. The molecule has 0 bridgehead atoms. The number of alkyl halides is 3. The molecule has 2 aromatic heterocycles. The van der Waals surface area contributed by atoms with Crippen molar-refractivity contribution in [3.63, 3.8) is 0 Å². The van der Waals surface area contributed by atoms with Crippen LogP contribution in [0.15, 0.2) is 65.7 Å². The van der Waals surface area contributed by atoms with Crippen molar-refractivity contribution < 1.29 is 13.2 Å². The van der Waals surface area contributed by atoms with E-state index in [0.717, 1.165) is 34.0 Å². The highest BCUT2D eigenvalue weighted by atomic mass is 32.2. The van der Waals surface area contributed by atoms with E-state index >= 15 is 0 Å². The Morgan fingerprint density at radius 3 is 2.69 bits per heavy atom. The molecule has 29 heavy (non-hydrogen) atoms. The summed E-state index contributed by atoms with van der Waals surface area (Å²) < 4.78 is 38.4. The zero-order valence-electron chi connectivity index (χ0n) is 15.4. The van der Waals surface area contributed by atoms with Gasteiger partial charge in [-0.2, -0.15) is 13.2 Å². The predicted molar refractivity (Wildman–Crippen MR) is 109 cm³/mol. The molecule has 4 rings (SSSR count). The molecule has 2 N–H and O–H groups in total. The van der Waals surface area contributed by atoms with Crippen LogP contribution in [0.25, 0.3) is 11.0 Å². The van der Waals surface area contributed by atoms with E-state index in [1.165, 1.54) is 18.0 Å². The van der Waals surface area contributed by atoms with Crippen molar-refractivity contribution >= 4 is 34.2 Å². The number of aryl methyl sites for hydroxylation is 1. The Morgan fingerprint density at radius 2 is 1.90 bits per heavy atom. The molecule has 8 heteroatoms. The number of aromatic nitrogens is 3. The number of nitrogens with one attached hydrogen (secondary N) is 2. The lowest BCUT2D eigenvalue weighted by molar-refractivity contribution is -0.141. The van der Waals surface area contributed by atoms with Crippen LogP contribution in [0.1, 0.15) is 17.1 Å². The number of H-pyrrole nitrogens is 1. The molecule has 148 valence electrons. The van der Waals surface area contributed by atoms with Crippen molar-refractivity contribution in [3.8, 4) is 0 Å². The van der Waals surface area contributed by atoms with Gasteiger partial charge in [-0.3, -0.25) is 4.98 Å². The van der Waals surface area contributed by atoms with Crippen LogP contribution in [0.4, 0.5) is 24.5 Å². The summed E-state index contributed by atoms with van der Waals surface area (Å²) in [6.45, 7) is 2.04. The Kier molecular flexibility index (Phi) is 5.19. The first-order valence-electron chi connectivity index (χ1n) is 8.86. The monoisotopic (exact) mass is 414 g/mol. The van der Waals surface area contributed by atoms with E-state index in [-0.39, 0.29) is 0 Å². The molecule has 0 atom stereocenters. The summed E-state index contributed by atoms with van der Waals surface area (Å²) >= 11 is 1.28. The number of halogens is 3. The zero-order chi connectivity index (χ0) is 20.4. The third kappa shape index (κ3) is 4.54. The first-order chi connectivity index (χ1) is 13.9. The van der Waals surface area contributed by atoms with Crippen LogP contribution in [0.3, 0.4) is 0 Å². The van der Waals surface area contributed by atoms with Gasteiger partial charge in [-0.25, -0.2) is 4.98 Å². The largest absolute Gasteiger partial charge is 0.433 e. The summed E-state index contributed by atoms with van der Waals surface area (Å²) in [5.41, 5.74) is 3.87. The Balaban J connectivity index is 1.49. The molecule has 0 aliphatic heterocycles. The third-order valence-electron chi connectivity index (χ3n) is 4.35. The molecule has 0 radical (unpaired) electrons. The van der Waals surface area contributed by atoms with Crippen molar-refractivity contribution in [2.45, 2.75) is 23.7 Å². The second kappa shape index (κ2) is 7.79.